The number of hydrogen-bond donors (Lipinski definition) is 4. The molecule has 1 aromatic heterocycles. The third-order valence-electron chi connectivity index (χ3n) is 12.0. The molecule has 0 aliphatic carbocycles. The SMILES string of the molecule is CCCCCSc1ccc(-c2nc(C)c(C(=O)C[C@@H](CCN)C(=O)N(C)[C@@H]3C(=O)C[C@@H](C)C(=O)N[C@H](C(=O)CCC#N)Cc4ccc(OCCN)c(c4)-c4cc3ccc4OCCN)c(C)n2)cc1. The number of likely N-dealkylation sites (N-methyl/N-ethyl adjacent to an activating group) is 1. The molecular formula is C52H66N8O7S. The van der Waals surface area contributed by atoms with Gasteiger partial charge < -0.3 is 36.9 Å². The number of aromatic nitrogens is 2. The molecule has 362 valence electrons. The van der Waals surface area contributed by atoms with Crippen LogP contribution in [-0.2, 0) is 25.6 Å². The van der Waals surface area contributed by atoms with Crippen LogP contribution in [0.1, 0.15) is 104 Å². The number of nitrogens with two attached hydrogens (primary N) is 3. The molecule has 16 heteroatoms. The number of nitrogens with zero attached hydrogens (tertiary/aromatic N) is 4. The summed E-state index contributed by atoms with van der Waals surface area (Å²) in [5.41, 5.74) is 22.1. The minimum absolute atomic E-state index is 0.0310. The lowest BCUT2D eigenvalue weighted by Gasteiger charge is -2.32. The molecule has 4 bridgehead atoms. The van der Waals surface area contributed by atoms with Crippen LogP contribution in [0.2, 0.25) is 0 Å². The van der Waals surface area contributed by atoms with Crippen LogP contribution in [0.25, 0.3) is 22.5 Å². The van der Waals surface area contributed by atoms with E-state index in [2.05, 4.69) is 24.4 Å². The van der Waals surface area contributed by atoms with E-state index in [1.807, 2.05) is 36.0 Å². The van der Waals surface area contributed by atoms with Crippen molar-refractivity contribution in [2.75, 3.05) is 45.6 Å². The average Bonchev–Trinajstić information content (AvgIpc) is 3.32. The second-order valence-corrected chi connectivity index (χ2v) is 18.4. The van der Waals surface area contributed by atoms with Gasteiger partial charge >= 0.3 is 0 Å². The van der Waals surface area contributed by atoms with Crippen molar-refractivity contribution in [2.45, 2.75) is 102 Å². The van der Waals surface area contributed by atoms with E-state index in [-0.39, 0.29) is 82.9 Å². The molecule has 3 aromatic carbocycles. The number of aryl methyl sites for hydroxylation is 2. The zero-order chi connectivity index (χ0) is 49.3. The summed E-state index contributed by atoms with van der Waals surface area (Å²) in [6.45, 7) is 8.14. The van der Waals surface area contributed by atoms with Gasteiger partial charge in [0.05, 0.1) is 29.1 Å². The highest BCUT2D eigenvalue weighted by Crippen LogP contribution is 2.41. The van der Waals surface area contributed by atoms with E-state index in [1.54, 1.807) is 51.1 Å². The Morgan fingerprint density at radius 3 is 2.16 bits per heavy atom. The predicted molar refractivity (Wildman–Crippen MR) is 264 cm³/mol. The fourth-order valence-electron chi connectivity index (χ4n) is 8.46. The van der Waals surface area contributed by atoms with Crippen LogP contribution in [0.15, 0.2) is 65.6 Å². The fraction of sp³-hybridized carbons (Fsp3) is 0.462. The quantitative estimate of drug-likeness (QED) is 0.0367. The standard InChI is InChI=1S/C52H66N8O7S/c1-6-7-8-26-68-39-15-12-36(13-16-39)50-57-33(3)48(34(4)58-50)44(62)31-38(19-21-54)52(65)60(5)49-37-14-18-47(67-25-23-56)41(30-37)40-28-35(11-17-46(40)66-24-22-55)29-42(43(61)10-9-20-53)59-51(64)32(2)27-45(49)63/h11-18,28,30,32,38,42,49H,6-10,19,21-27,29,31,54-56H2,1-5H3,(H,59,64)/t32-,38-,42+,49+/m1/s1. The molecule has 0 radical (unpaired) electrons. The number of ether oxygens (including phenoxy) is 2. The molecule has 7 N–H and O–H groups in total. The minimum atomic E-state index is -1.24. The van der Waals surface area contributed by atoms with Gasteiger partial charge in [0.1, 0.15) is 30.8 Å². The van der Waals surface area contributed by atoms with Crippen LogP contribution in [0.5, 0.6) is 11.5 Å². The third kappa shape index (κ3) is 13.8. The molecule has 2 amide bonds. The van der Waals surface area contributed by atoms with Crippen LogP contribution in [0.4, 0.5) is 0 Å². The number of carbonyl (C=O) groups excluding carboxylic acids is 5. The van der Waals surface area contributed by atoms with E-state index in [0.717, 1.165) is 22.6 Å². The maximum atomic E-state index is 14.8. The number of amides is 2. The number of nitrogens with one attached hydrogen (secondary N) is 1. The summed E-state index contributed by atoms with van der Waals surface area (Å²) in [4.78, 5) is 83.2. The highest BCUT2D eigenvalue weighted by Gasteiger charge is 2.36. The largest absolute Gasteiger partial charge is 0.492 e. The Morgan fingerprint density at radius 1 is 0.897 bits per heavy atom. The molecule has 15 nitrogen and oxygen atoms in total. The number of benzene rings is 3. The van der Waals surface area contributed by atoms with Gasteiger partial charge in [0.15, 0.2) is 23.2 Å². The van der Waals surface area contributed by atoms with Crippen LogP contribution in [-0.4, -0.2) is 95.7 Å². The van der Waals surface area contributed by atoms with Crippen molar-refractivity contribution in [1.82, 2.24) is 20.2 Å². The van der Waals surface area contributed by atoms with Gasteiger partial charge in [0.2, 0.25) is 11.8 Å². The van der Waals surface area contributed by atoms with E-state index >= 15 is 0 Å². The number of ketones is 3. The van der Waals surface area contributed by atoms with Gasteiger partial charge in [0.25, 0.3) is 0 Å². The Balaban J connectivity index is 1.53. The number of carbonyl (C=O) groups is 5. The van der Waals surface area contributed by atoms with E-state index < -0.39 is 41.5 Å². The number of nitriles is 1. The van der Waals surface area contributed by atoms with E-state index in [4.69, 9.17) is 36.6 Å². The molecule has 5 rings (SSSR count). The zero-order valence-corrected chi connectivity index (χ0v) is 40.8. The predicted octanol–water partition coefficient (Wildman–Crippen LogP) is 6.63. The summed E-state index contributed by atoms with van der Waals surface area (Å²) in [7, 11) is 1.51. The molecule has 1 aliphatic heterocycles. The Bertz CT molecular complexity index is 2430. The molecule has 0 fully saturated rings. The first kappa shape index (κ1) is 53.0. The van der Waals surface area contributed by atoms with E-state index in [0.29, 0.717) is 56.5 Å². The Hall–Kier alpha value is -5.99. The molecule has 0 saturated carbocycles. The Morgan fingerprint density at radius 2 is 1.54 bits per heavy atom. The molecule has 0 saturated heterocycles. The minimum Gasteiger partial charge on any atom is -0.492 e. The van der Waals surface area contributed by atoms with Crippen LogP contribution in [0.3, 0.4) is 0 Å². The number of unbranched alkanes of at least 4 members (excludes halogenated alkanes) is 2. The molecule has 68 heavy (non-hydrogen) atoms. The first-order valence-corrected chi connectivity index (χ1v) is 24.5. The van der Waals surface area contributed by atoms with E-state index in [9.17, 15) is 29.2 Å². The molecule has 4 atom stereocenters. The van der Waals surface area contributed by atoms with Crippen molar-refractivity contribution in [3.63, 3.8) is 0 Å². The van der Waals surface area contributed by atoms with Gasteiger partial charge in [-0.25, -0.2) is 9.97 Å². The lowest BCUT2D eigenvalue weighted by Crippen LogP contribution is -2.46. The fourth-order valence-corrected chi connectivity index (χ4v) is 9.37. The van der Waals surface area contributed by atoms with Gasteiger partial charge in [-0.1, -0.05) is 51.0 Å². The topological polar surface area (TPSA) is 247 Å². The third-order valence-corrected chi connectivity index (χ3v) is 13.1. The van der Waals surface area contributed by atoms with Crippen molar-refractivity contribution < 1.29 is 33.4 Å². The number of Topliss-reactive ketones (excluding diaryl/α,β-unsaturated/α-hetero) is 3. The van der Waals surface area contributed by atoms with Crippen molar-refractivity contribution in [3.8, 4) is 40.1 Å². The highest BCUT2D eigenvalue weighted by atomic mass is 32.2. The molecule has 2 heterocycles. The molecule has 0 unspecified atom stereocenters. The number of hydrogen-bond acceptors (Lipinski definition) is 14. The van der Waals surface area contributed by atoms with Crippen LogP contribution in [0, 0.1) is 37.0 Å². The lowest BCUT2D eigenvalue weighted by atomic mass is 9.88. The number of fused-ring (bicyclic) bond motifs is 5. The summed E-state index contributed by atoms with van der Waals surface area (Å²) in [5, 5.41) is 12.1. The maximum Gasteiger partial charge on any atom is 0.226 e. The first-order chi connectivity index (χ1) is 32.7. The highest BCUT2D eigenvalue weighted by molar-refractivity contribution is 7.99. The summed E-state index contributed by atoms with van der Waals surface area (Å²) in [5.74, 6) is -1.60. The average molecular weight is 947 g/mol. The summed E-state index contributed by atoms with van der Waals surface area (Å²) in [6, 6.07) is 18.3. The first-order valence-electron chi connectivity index (χ1n) is 23.5. The van der Waals surface area contributed by atoms with E-state index in [1.165, 1.54) is 24.8 Å². The van der Waals surface area contributed by atoms with Crippen molar-refractivity contribution in [1.29, 1.82) is 5.26 Å². The molecule has 0 spiro atoms. The lowest BCUT2D eigenvalue weighted by molar-refractivity contribution is -0.142. The normalized spacial score (nSPS) is 16.5. The zero-order valence-electron chi connectivity index (χ0n) is 40.0. The van der Waals surface area contributed by atoms with Crippen molar-refractivity contribution in [3.05, 3.63) is 88.7 Å². The maximum absolute atomic E-state index is 14.8. The van der Waals surface area contributed by atoms with Gasteiger partial charge in [0, 0.05) is 79.2 Å². The summed E-state index contributed by atoms with van der Waals surface area (Å²) in [6.07, 6.45) is 3.14. The Kier molecular flexibility index (Phi) is 20.2. The second kappa shape index (κ2) is 26.0. The summed E-state index contributed by atoms with van der Waals surface area (Å²) < 4.78 is 12.3. The Labute approximate surface area is 404 Å². The molecule has 4 aromatic rings. The van der Waals surface area contributed by atoms with Crippen LogP contribution < -0.4 is 32.0 Å². The monoisotopic (exact) mass is 946 g/mol. The second-order valence-electron chi connectivity index (χ2n) is 17.2. The van der Waals surface area contributed by atoms with Crippen LogP contribution >= 0.6 is 11.8 Å². The van der Waals surface area contributed by atoms with Gasteiger partial charge in [-0.15, -0.1) is 11.8 Å². The smallest absolute Gasteiger partial charge is 0.226 e. The van der Waals surface area contributed by atoms with Crippen molar-refractivity contribution in [2.24, 2.45) is 29.0 Å². The van der Waals surface area contributed by atoms with Crippen molar-refractivity contribution >= 4 is 40.9 Å². The number of thioether (sulfide) groups is 1. The van der Waals surface area contributed by atoms with Gasteiger partial charge in [-0.3, -0.25) is 24.0 Å². The molecule has 1 aliphatic rings. The van der Waals surface area contributed by atoms with Gasteiger partial charge in [-0.2, -0.15) is 5.26 Å². The number of rotatable bonds is 22. The summed E-state index contributed by atoms with van der Waals surface area (Å²) >= 11 is 1.81. The van der Waals surface area contributed by atoms with Gasteiger partial charge in [-0.05, 0) is 92.9 Å². The molecular weight excluding hydrogens is 881 g/mol.